The molecule has 27 heavy (non-hydrogen) atoms. The van der Waals surface area contributed by atoms with Gasteiger partial charge in [-0.1, -0.05) is 0 Å². The highest BCUT2D eigenvalue weighted by atomic mass is 127. The summed E-state index contributed by atoms with van der Waals surface area (Å²) >= 11 is 5.38. The Morgan fingerprint density at radius 2 is 1.63 bits per heavy atom. The highest BCUT2D eigenvalue weighted by Gasteiger charge is 2.31. The van der Waals surface area contributed by atoms with Gasteiger partial charge in [-0.05, 0) is 67.8 Å². The SMILES string of the molecule is CC(=O)N(CC(O)CO)c1c(I)c(C(=O)O)c(I)c(C(=O)NCCO)c1I. The van der Waals surface area contributed by atoms with E-state index in [-0.39, 0.29) is 43.7 Å². The Morgan fingerprint density at radius 3 is 2.07 bits per heavy atom. The van der Waals surface area contributed by atoms with Gasteiger partial charge in [0, 0.05) is 17.0 Å². The number of amides is 2. The molecule has 0 heterocycles. The van der Waals surface area contributed by atoms with E-state index in [1.54, 1.807) is 45.2 Å². The summed E-state index contributed by atoms with van der Waals surface area (Å²) < 4.78 is 0.745. The highest BCUT2D eigenvalue weighted by Crippen LogP contribution is 2.38. The van der Waals surface area contributed by atoms with Gasteiger partial charge in [-0.3, -0.25) is 9.59 Å². The largest absolute Gasteiger partial charge is 0.478 e. The number of anilines is 1. The average molecular weight is 718 g/mol. The van der Waals surface area contributed by atoms with Gasteiger partial charge in [0.25, 0.3) is 5.91 Å². The normalized spacial score (nSPS) is 11.8. The Balaban J connectivity index is 3.76. The molecule has 150 valence electrons. The molecule has 1 atom stereocenters. The fourth-order valence-electron chi connectivity index (χ4n) is 2.18. The quantitative estimate of drug-likeness (QED) is 0.248. The van der Waals surface area contributed by atoms with Crippen molar-refractivity contribution in [1.29, 1.82) is 0 Å². The molecule has 0 spiro atoms. The van der Waals surface area contributed by atoms with Crippen LogP contribution in [0.3, 0.4) is 0 Å². The van der Waals surface area contributed by atoms with E-state index in [9.17, 15) is 24.6 Å². The molecule has 0 bridgehead atoms. The summed E-state index contributed by atoms with van der Waals surface area (Å²) in [6.45, 7) is 0.0742. The Kier molecular flexibility index (Phi) is 10.1. The second kappa shape index (κ2) is 11.0. The third-order valence-electron chi connectivity index (χ3n) is 3.39. The molecule has 9 nitrogen and oxygen atoms in total. The maximum atomic E-state index is 12.5. The first kappa shape index (κ1) is 24.7. The number of halogens is 3. The minimum atomic E-state index is -1.27. The molecular weight excluding hydrogens is 701 g/mol. The second-order valence-corrected chi connectivity index (χ2v) is 8.53. The maximum Gasteiger partial charge on any atom is 0.337 e. The Morgan fingerprint density at radius 1 is 1.07 bits per heavy atom. The lowest BCUT2D eigenvalue weighted by Gasteiger charge is -2.28. The van der Waals surface area contributed by atoms with Gasteiger partial charge in [-0.15, -0.1) is 0 Å². The molecule has 0 fully saturated rings. The number of aliphatic hydroxyl groups is 3. The first-order valence-corrected chi connectivity index (χ1v) is 10.7. The van der Waals surface area contributed by atoms with Crippen LogP contribution in [0.25, 0.3) is 0 Å². The number of carboxylic acids is 1. The molecule has 0 aromatic heterocycles. The number of aliphatic hydroxyl groups excluding tert-OH is 3. The van der Waals surface area contributed by atoms with Crippen molar-refractivity contribution >= 4 is 91.2 Å². The zero-order chi connectivity index (χ0) is 20.9. The van der Waals surface area contributed by atoms with Crippen molar-refractivity contribution in [3.8, 4) is 0 Å². The van der Waals surface area contributed by atoms with Gasteiger partial charge in [-0.2, -0.15) is 0 Å². The highest BCUT2D eigenvalue weighted by molar-refractivity contribution is 14.1. The van der Waals surface area contributed by atoms with E-state index >= 15 is 0 Å². The van der Waals surface area contributed by atoms with Crippen molar-refractivity contribution in [1.82, 2.24) is 5.32 Å². The number of nitrogens with one attached hydrogen (secondary N) is 1. The minimum Gasteiger partial charge on any atom is -0.478 e. The molecule has 0 saturated heterocycles. The summed E-state index contributed by atoms with van der Waals surface area (Å²) in [6, 6.07) is 0. The lowest BCUT2D eigenvalue weighted by atomic mass is 10.1. The maximum absolute atomic E-state index is 12.5. The third-order valence-corrected chi connectivity index (χ3v) is 6.57. The van der Waals surface area contributed by atoms with E-state index in [4.69, 9.17) is 10.2 Å². The van der Waals surface area contributed by atoms with Gasteiger partial charge in [0.1, 0.15) is 0 Å². The van der Waals surface area contributed by atoms with E-state index in [1.165, 1.54) is 6.92 Å². The number of benzene rings is 1. The number of carbonyl (C=O) groups excluding carboxylic acids is 2. The average Bonchev–Trinajstić information content (AvgIpc) is 2.58. The molecule has 12 heteroatoms. The summed E-state index contributed by atoms with van der Waals surface area (Å²) in [5.41, 5.74) is 0.0795. The smallest absolute Gasteiger partial charge is 0.337 e. The van der Waals surface area contributed by atoms with Crippen LogP contribution in [0.1, 0.15) is 27.6 Å². The number of hydrogen-bond donors (Lipinski definition) is 5. The molecule has 0 aliphatic rings. The summed E-state index contributed by atoms with van der Waals surface area (Å²) in [6.07, 6.45) is -1.24. The van der Waals surface area contributed by atoms with E-state index < -0.39 is 30.5 Å². The third kappa shape index (κ3) is 5.84. The van der Waals surface area contributed by atoms with Crippen LogP contribution in [0.15, 0.2) is 0 Å². The van der Waals surface area contributed by atoms with Crippen molar-refractivity contribution in [3.05, 3.63) is 21.8 Å². The summed E-state index contributed by atoms with van der Waals surface area (Å²) in [4.78, 5) is 37.6. The van der Waals surface area contributed by atoms with Crippen molar-refractivity contribution in [2.75, 3.05) is 31.2 Å². The zero-order valence-electron chi connectivity index (χ0n) is 14.0. The number of carboxylic acid groups (broad SMARTS) is 1. The van der Waals surface area contributed by atoms with Crippen molar-refractivity contribution in [2.45, 2.75) is 13.0 Å². The van der Waals surface area contributed by atoms with E-state index in [0.29, 0.717) is 3.57 Å². The van der Waals surface area contributed by atoms with Crippen LogP contribution in [-0.4, -0.2) is 70.6 Å². The molecule has 1 aromatic carbocycles. The summed E-state index contributed by atoms with van der Waals surface area (Å²) in [5.74, 6) is -2.36. The standard InChI is InChI=1S/C15H17I3N2O7/c1-6(23)20(4-7(24)5-22)13-11(17)8(14(25)19-2-3-21)10(16)9(12(13)18)15(26)27/h7,21-22,24H,2-5H2,1H3,(H,19,25)(H,26,27). The van der Waals surface area contributed by atoms with Gasteiger partial charge in [-0.25, -0.2) is 4.79 Å². The van der Waals surface area contributed by atoms with E-state index in [2.05, 4.69) is 5.32 Å². The van der Waals surface area contributed by atoms with Crippen LogP contribution in [-0.2, 0) is 4.79 Å². The molecule has 1 aromatic rings. The van der Waals surface area contributed by atoms with Crippen molar-refractivity contribution in [3.63, 3.8) is 0 Å². The first-order chi connectivity index (χ1) is 12.6. The second-order valence-electron chi connectivity index (χ2n) is 5.29. The van der Waals surface area contributed by atoms with Crippen LogP contribution in [0.4, 0.5) is 5.69 Å². The van der Waals surface area contributed by atoms with E-state index in [1.807, 2.05) is 22.6 Å². The zero-order valence-corrected chi connectivity index (χ0v) is 20.5. The minimum absolute atomic E-state index is 0.0195. The number of aromatic carboxylic acids is 1. The number of nitrogens with zero attached hydrogens (tertiary/aromatic N) is 1. The fourth-order valence-corrected chi connectivity index (χ4v) is 6.88. The molecule has 2 amide bonds. The Bertz CT molecular complexity index is 758. The van der Waals surface area contributed by atoms with Crippen LogP contribution < -0.4 is 10.2 Å². The lowest BCUT2D eigenvalue weighted by Crippen LogP contribution is -2.39. The molecular formula is C15H17I3N2O7. The molecule has 0 saturated carbocycles. The van der Waals surface area contributed by atoms with Crippen LogP contribution in [0.2, 0.25) is 0 Å². The number of carbonyl (C=O) groups is 3. The van der Waals surface area contributed by atoms with E-state index in [0.717, 1.165) is 4.90 Å². The predicted molar refractivity (Wildman–Crippen MR) is 122 cm³/mol. The van der Waals surface area contributed by atoms with Gasteiger partial charge in [0.15, 0.2) is 0 Å². The Labute approximate surface area is 195 Å². The predicted octanol–water partition coefficient (Wildman–Crippen LogP) is 0.627. The summed E-state index contributed by atoms with van der Waals surface area (Å²) in [7, 11) is 0. The van der Waals surface area contributed by atoms with Gasteiger partial charge in [0.2, 0.25) is 5.91 Å². The first-order valence-electron chi connectivity index (χ1n) is 7.48. The topological polar surface area (TPSA) is 147 Å². The molecule has 1 rings (SSSR count). The fraction of sp³-hybridized carbons (Fsp3) is 0.400. The Hall–Kier alpha value is -0.300. The molecule has 0 aliphatic carbocycles. The molecule has 0 radical (unpaired) electrons. The van der Waals surface area contributed by atoms with Crippen molar-refractivity contribution in [2.24, 2.45) is 0 Å². The van der Waals surface area contributed by atoms with Crippen LogP contribution in [0, 0.1) is 10.7 Å². The monoisotopic (exact) mass is 718 g/mol. The lowest BCUT2D eigenvalue weighted by molar-refractivity contribution is -0.117. The number of hydrogen-bond acceptors (Lipinski definition) is 6. The van der Waals surface area contributed by atoms with Crippen LogP contribution >= 0.6 is 67.8 Å². The van der Waals surface area contributed by atoms with Gasteiger partial charge >= 0.3 is 5.97 Å². The number of rotatable bonds is 8. The van der Waals surface area contributed by atoms with Gasteiger partial charge in [0.05, 0.1) is 49.8 Å². The van der Waals surface area contributed by atoms with Crippen LogP contribution in [0.5, 0.6) is 0 Å². The molecule has 5 N–H and O–H groups in total. The van der Waals surface area contributed by atoms with Crippen molar-refractivity contribution < 1.29 is 34.8 Å². The molecule has 0 aliphatic heterocycles. The summed E-state index contributed by atoms with van der Waals surface area (Å²) in [5, 5.41) is 39.9. The molecule has 1 unspecified atom stereocenters. The van der Waals surface area contributed by atoms with Gasteiger partial charge < -0.3 is 30.6 Å².